The Morgan fingerprint density at radius 1 is 1.55 bits per heavy atom. The van der Waals surface area contributed by atoms with Gasteiger partial charge in [0.25, 0.3) is 5.89 Å². The maximum absolute atomic E-state index is 11.1. The number of rotatable bonds is 4. The molecule has 0 radical (unpaired) electrons. The standard InChI is InChI=1S/C13H15N3O4/c1-8-5-16(6-9(8)13(17)18)7-11-14-12(20-15-11)10-3-2-4-19-10/h2-4,8-9H,5-7H2,1H3,(H,17,18). The van der Waals surface area contributed by atoms with Crippen molar-refractivity contribution in [2.24, 2.45) is 11.8 Å². The molecule has 106 valence electrons. The van der Waals surface area contributed by atoms with E-state index in [0.29, 0.717) is 30.6 Å². The normalized spacial score (nSPS) is 23.2. The maximum atomic E-state index is 11.1. The van der Waals surface area contributed by atoms with Gasteiger partial charge in [-0.1, -0.05) is 12.1 Å². The molecule has 0 aliphatic carbocycles. The smallest absolute Gasteiger partial charge is 0.308 e. The molecule has 1 N–H and O–H groups in total. The van der Waals surface area contributed by atoms with Crippen LogP contribution in [0.1, 0.15) is 12.7 Å². The van der Waals surface area contributed by atoms with Crippen molar-refractivity contribution in [3.05, 3.63) is 24.2 Å². The van der Waals surface area contributed by atoms with Crippen molar-refractivity contribution in [3.8, 4) is 11.7 Å². The fraction of sp³-hybridized carbons (Fsp3) is 0.462. The lowest BCUT2D eigenvalue weighted by Gasteiger charge is -2.11. The second-order valence-corrected chi connectivity index (χ2v) is 5.11. The van der Waals surface area contributed by atoms with Gasteiger partial charge in [-0.05, 0) is 18.1 Å². The van der Waals surface area contributed by atoms with E-state index in [0.717, 1.165) is 6.54 Å². The molecule has 0 bridgehead atoms. The summed E-state index contributed by atoms with van der Waals surface area (Å²) in [6.07, 6.45) is 1.54. The molecule has 0 aromatic carbocycles. The zero-order valence-corrected chi connectivity index (χ0v) is 11.0. The van der Waals surface area contributed by atoms with Gasteiger partial charge in [-0.2, -0.15) is 4.98 Å². The molecule has 1 aliphatic rings. The van der Waals surface area contributed by atoms with Gasteiger partial charge in [0.05, 0.1) is 18.7 Å². The highest BCUT2D eigenvalue weighted by Crippen LogP contribution is 2.25. The van der Waals surface area contributed by atoms with Crippen molar-refractivity contribution in [1.82, 2.24) is 15.0 Å². The van der Waals surface area contributed by atoms with Crippen LogP contribution >= 0.6 is 0 Å². The molecule has 3 rings (SSSR count). The number of likely N-dealkylation sites (tertiary alicyclic amines) is 1. The topological polar surface area (TPSA) is 92.6 Å². The van der Waals surface area contributed by atoms with Crippen LogP contribution < -0.4 is 0 Å². The van der Waals surface area contributed by atoms with E-state index >= 15 is 0 Å². The van der Waals surface area contributed by atoms with Crippen LogP contribution in [0.5, 0.6) is 0 Å². The van der Waals surface area contributed by atoms with E-state index in [2.05, 4.69) is 10.1 Å². The molecule has 0 saturated carbocycles. The molecule has 1 aliphatic heterocycles. The molecule has 1 saturated heterocycles. The molecular formula is C13H15N3O4. The van der Waals surface area contributed by atoms with Gasteiger partial charge in [0.1, 0.15) is 0 Å². The molecule has 20 heavy (non-hydrogen) atoms. The predicted octanol–water partition coefficient (Wildman–Crippen LogP) is 1.48. The molecule has 3 heterocycles. The third-order valence-electron chi connectivity index (χ3n) is 3.57. The van der Waals surface area contributed by atoms with Gasteiger partial charge in [-0.15, -0.1) is 0 Å². The number of carbonyl (C=O) groups is 1. The van der Waals surface area contributed by atoms with Crippen LogP contribution in [0.4, 0.5) is 0 Å². The highest BCUT2D eigenvalue weighted by Gasteiger charge is 2.35. The van der Waals surface area contributed by atoms with Crippen LogP contribution in [0, 0.1) is 11.8 Å². The number of aliphatic carboxylic acids is 1. The zero-order valence-electron chi connectivity index (χ0n) is 11.0. The van der Waals surface area contributed by atoms with Gasteiger partial charge in [-0.3, -0.25) is 9.69 Å². The maximum Gasteiger partial charge on any atom is 0.308 e. The van der Waals surface area contributed by atoms with E-state index in [-0.39, 0.29) is 11.8 Å². The number of furan rings is 1. The summed E-state index contributed by atoms with van der Waals surface area (Å²) in [5, 5.41) is 13.0. The van der Waals surface area contributed by atoms with Crippen LogP contribution in [0.3, 0.4) is 0 Å². The Balaban J connectivity index is 1.66. The van der Waals surface area contributed by atoms with Crippen molar-refractivity contribution in [2.75, 3.05) is 13.1 Å². The molecule has 2 unspecified atom stereocenters. The summed E-state index contributed by atoms with van der Waals surface area (Å²) in [5.41, 5.74) is 0. The second kappa shape index (κ2) is 5.09. The van der Waals surface area contributed by atoms with Crippen molar-refractivity contribution >= 4 is 5.97 Å². The molecule has 0 amide bonds. The highest BCUT2D eigenvalue weighted by molar-refractivity contribution is 5.71. The minimum Gasteiger partial charge on any atom is -0.481 e. The first-order valence-corrected chi connectivity index (χ1v) is 6.45. The van der Waals surface area contributed by atoms with Crippen LogP contribution in [-0.2, 0) is 11.3 Å². The largest absolute Gasteiger partial charge is 0.481 e. The summed E-state index contributed by atoms with van der Waals surface area (Å²) < 4.78 is 10.3. The summed E-state index contributed by atoms with van der Waals surface area (Å²) in [5.74, 6) is 0.461. The highest BCUT2D eigenvalue weighted by atomic mass is 16.5. The number of carboxylic acids is 1. The lowest BCUT2D eigenvalue weighted by molar-refractivity contribution is -0.142. The Morgan fingerprint density at radius 2 is 2.40 bits per heavy atom. The van der Waals surface area contributed by atoms with E-state index in [9.17, 15) is 4.79 Å². The third-order valence-corrected chi connectivity index (χ3v) is 3.57. The van der Waals surface area contributed by atoms with Gasteiger partial charge in [0.2, 0.25) is 0 Å². The van der Waals surface area contributed by atoms with E-state index in [1.54, 1.807) is 18.4 Å². The molecule has 2 aromatic heterocycles. The van der Waals surface area contributed by atoms with Gasteiger partial charge in [0.15, 0.2) is 11.6 Å². The number of carboxylic acid groups (broad SMARTS) is 1. The van der Waals surface area contributed by atoms with Crippen LogP contribution in [0.2, 0.25) is 0 Å². The minimum absolute atomic E-state index is 0.129. The third kappa shape index (κ3) is 2.44. The first kappa shape index (κ1) is 12.9. The van der Waals surface area contributed by atoms with Crippen molar-refractivity contribution in [1.29, 1.82) is 0 Å². The molecule has 7 nitrogen and oxygen atoms in total. The predicted molar refractivity (Wildman–Crippen MR) is 67.6 cm³/mol. The van der Waals surface area contributed by atoms with E-state index in [1.807, 2.05) is 11.8 Å². The van der Waals surface area contributed by atoms with E-state index in [1.165, 1.54) is 0 Å². The summed E-state index contributed by atoms with van der Waals surface area (Å²) in [6.45, 7) is 3.67. The van der Waals surface area contributed by atoms with Crippen molar-refractivity contribution in [3.63, 3.8) is 0 Å². The SMILES string of the molecule is CC1CN(Cc2noc(-c3ccco3)n2)CC1C(=O)O. The first-order valence-electron chi connectivity index (χ1n) is 6.45. The van der Waals surface area contributed by atoms with Gasteiger partial charge in [0, 0.05) is 13.1 Å². The monoisotopic (exact) mass is 277 g/mol. The first-order chi connectivity index (χ1) is 9.63. The van der Waals surface area contributed by atoms with Gasteiger partial charge >= 0.3 is 5.97 Å². The lowest BCUT2D eigenvalue weighted by Crippen LogP contribution is -2.23. The lowest BCUT2D eigenvalue weighted by atomic mass is 9.99. The van der Waals surface area contributed by atoms with Crippen LogP contribution in [0.25, 0.3) is 11.7 Å². The second-order valence-electron chi connectivity index (χ2n) is 5.11. The molecular weight excluding hydrogens is 262 g/mol. The number of aromatic nitrogens is 2. The quantitative estimate of drug-likeness (QED) is 0.904. The van der Waals surface area contributed by atoms with E-state index < -0.39 is 5.97 Å². The van der Waals surface area contributed by atoms with Crippen molar-refractivity contribution in [2.45, 2.75) is 13.5 Å². The summed E-state index contributed by atoms with van der Waals surface area (Å²) in [4.78, 5) is 17.4. The fourth-order valence-electron chi connectivity index (χ4n) is 2.54. The Morgan fingerprint density at radius 3 is 3.05 bits per heavy atom. The fourth-order valence-corrected chi connectivity index (χ4v) is 2.54. The zero-order chi connectivity index (χ0) is 14.1. The molecule has 7 heteroatoms. The molecule has 2 aromatic rings. The Hall–Kier alpha value is -2.15. The van der Waals surface area contributed by atoms with Gasteiger partial charge in [-0.25, -0.2) is 0 Å². The van der Waals surface area contributed by atoms with Crippen LogP contribution in [-0.4, -0.2) is 39.2 Å². The van der Waals surface area contributed by atoms with Crippen molar-refractivity contribution < 1.29 is 18.8 Å². The van der Waals surface area contributed by atoms with Crippen LogP contribution in [0.15, 0.2) is 27.3 Å². The summed E-state index contributed by atoms with van der Waals surface area (Å²) in [7, 11) is 0. The van der Waals surface area contributed by atoms with E-state index in [4.69, 9.17) is 14.0 Å². The summed E-state index contributed by atoms with van der Waals surface area (Å²) in [6, 6.07) is 3.49. The Labute approximate surface area is 115 Å². The summed E-state index contributed by atoms with van der Waals surface area (Å²) >= 11 is 0. The average Bonchev–Trinajstić information content (AvgIpc) is 3.09. The molecule has 2 atom stereocenters. The Bertz CT molecular complexity index is 593. The van der Waals surface area contributed by atoms with Gasteiger partial charge < -0.3 is 14.0 Å². The number of nitrogens with zero attached hydrogens (tertiary/aromatic N) is 3. The molecule has 0 spiro atoms. The number of hydrogen-bond donors (Lipinski definition) is 1. The molecule has 1 fully saturated rings. The minimum atomic E-state index is -0.746. The Kier molecular flexibility index (Phi) is 3.27. The number of hydrogen-bond acceptors (Lipinski definition) is 6. The average molecular weight is 277 g/mol.